The number of carbonyl (C=O) groups excluding carboxylic acids is 1. The molecule has 0 bridgehead atoms. The van der Waals surface area contributed by atoms with Gasteiger partial charge in [0.25, 0.3) is 11.7 Å². The molecule has 0 atom stereocenters. The third kappa shape index (κ3) is 2.47. The van der Waals surface area contributed by atoms with Gasteiger partial charge in [0.1, 0.15) is 6.54 Å². The van der Waals surface area contributed by atoms with Crippen molar-refractivity contribution >= 4 is 11.6 Å². The van der Waals surface area contributed by atoms with Crippen molar-refractivity contribution in [3.8, 4) is 11.5 Å². The predicted octanol–water partition coefficient (Wildman–Crippen LogP) is 3.10. The highest BCUT2D eigenvalue weighted by Crippen LogP contribution is 2.48. The van der Waals surface area contributed by atoms with E-state index in [1.807, 2.05) is 56.3 Å². The van der Waals surface area contributed by atoms with Gasteiger partial charge in [0.2, 0.25) is 11.8 Å². The number of hydrogen-bond donors (Lipinski definition) is 0. The molecule has 3 heterocycles. The number of carbonyl (C=O) groups is 1. The first kappa shape index (κ1) is 17.1. The Morgan fingerprint density at radius 3 is 2.57 bits per heavy atom. The standard InChI is InChI=1S/C21H19N3O4/c1-13-10-14(2)18-16(11-13)21(26-8-9-27-21)20(25)24(18)12-17-22-23-19(28-17)15-6-4-3-5-7-15/h3-7,10-11H,8-9,12H2,1-2H3. The fourth-order valence-corrected chi connectivity index (χ4v) is 3.96. The number of fused-ring (bicyclic) bond motifs is 2. The van der Waals surface area contributed by atoms with E-state index in [0.717, 1.165) is 27.9 Å². The van der Waals surface area contributed by atoms with Crippen LogP contribution in [0.2, 0.25) is 0 Å². The summed E-state index contributed by atoms with van der Waals surface area (Å²) in [6, 6.07) is 13.5. The Kier molecular flexibility index (Phi) is 3.82. The van der Waals surface area contributed by atoms with Crippen molar-refractivity contribution in [3.63, 3.8) is 0 Å². The fourth-order valence-electron chi connectivity index (χ4n) is 3.96. The molecule has 1 amide bonds. The molecule has 28 heavy (non-hydrogen) atoms. The van der Waals surface area contributed by atoms with Gasteiger partial charge >= 0.3 is 0 Å². The highest BCUT2D eigenvalue weighted by molar-refractivity contribution is 6.07. The monoisotopic (exact) mass is 377 g/mol. The van der Waals surface area contributed by atoms with E-state index in [9.17, 15) is 4.79 Å². The lowest BCUT2D eigenvalue weighted by molar-refractivity contribution is -0.180. The van der Waals surface area contributed by atoms with E-state index >= 15 is 0 Å². The Morgan fingerprint density at radius 2 is 1.82 bits per heavy atom. The van der Waals surface area contributed by atoms with Crippen LogP contribution in [-0.4, -0.2) is 29.3 Å². The van der Waals surface area contributed by atoms with Gasteiger partial charge in [0.05, 0.1) is 18.9 Å². The Hall–Kier alpha value is -3.03. The van der Waals surface area contributed by atoms with Crippen LogP contribution in [0.1, 0.15) is 22.6 Å². The van der Waals surface area contributed by atoms with Crippen molar-refractivity contribution in [2.24, 2.45) is 0 Å². The molecule has 1 aromatic heterocycles. The molecular weight excluding hydrogens is 358 g/mol. The van der Waals surface area contributed by atoms with Gasteiger partial charge in [-0.3, -0.25) is 9.69 Å². The van der Waals surface area contributed by atoms with Gasteiger partial charge in [0, 0.05) is 11.1 Å². The van der Waals surface area contributed by atoms with Crippen LogP contribution in [0.25, 0.3) is 11.5 Å². The number of amides is 1. The molecule has 1 saturated heterocycles. The molecule has 0 radical (unpaired) electrons. The molecule has 7 nitrogen and oxygen atoms in total. The summed E-state index contributed by atoms with van der Waals surface area (Å²) in [7, 11) is 0. The van der Waals surface area contributed by atoms with Crippen molar-refractivity contribution < 1.29 is 18.7 Å². The van der Waals surface area contributed by atoms with Crippen LogP contribution in [0.15, 0.2) is 46.9 Å². The Balaban J connectivity index is 1.53. The molecule has 5 rings (SSSR count). The van der Waals surface area contributed by atoms with Crippen LogP contribution in [0.5, 0.6) is 0 Å². The smallest absolute Gasteiger partial charge is 0.293 e. The molecule has 0 unspecified atom stereocenters. The first-order chi connectivity index (χ1) is 13.6. The number of anilines is 1. The zero-order valence-electron chi connectivity index (χ0n) is 15.6. The number of rotatable bonds is 3. The van der Waals surface area contributed by atoms with Gasteiger partial charge in [-0.05, 0) is 37.6 Å². The first-order valence-electron chi connectivity index (χ1n) is 9.18. The summed E-state index contributed by atoms with van der Waals surface area (Å²) in [6.07, 6.45) is 0. The third-order valence-electron chi connectivity index (χ3n) is 5.07. The van der Waals surface area contributed by atoms with Crippen molar-refractivity contribution in [2.45, 2.75) is 26.2 Å². The normalized spacial score (nSPS) is 17.5. The van der Waals surface area contributed by atoms with E-state index in [4.69, 9.17) is 13.9 Å². The molecular formula is C21H19N3O4. The maximum atomic E-state index is 13.3. The van der Waals surface area contributed by atoms with E-state index in [2.05, 4.69) is 10.2 Å². The van der Waals surface area contributed by atoms with Crippen LogP contribution in [0.4, 0.5) is 5.69 Å². The molecule has 2 aromatic carbocycles. The molecule has 1 spiro atoms. The fraction of sp³-hybridized carbons (Fsp3) is 0.286. The average molecular weight is 377 g/mol. The van der Waals surface area contributed by atoms with E-state index in [-0.39, 0.29) is 12.5 Å². The molecule has 0 N–H and O–H groups in total. The van der Waals surface area contributed by atoms with Crippen LogP contribution in [-0.2, 0) is 26.6 Å². The van der Waals surface area contributed by atoms with Crippen LogP contribution in [0, 0.1) is 13.8 Å². The second-order valence-electron chi connectivity index (χ2n) is 7.05. The topological polar surface area (TPSA) is 77.7 Å². The Bertz CT molecular complexity index is 1050. The van der Waals surface area contributed by atoms with Gasteiger partial charge in [-0.2, -0.15) is 0 Å². The quantitative estimate of drug-likeness (QED) is 0.698. The number of benzene rings is 2. The zero-order chi connectivity index (χ0) is 19.3. The lowest BCUT2D eigenvalue weighted by atomic mass is 10.0. The van der Waals surface area contributed by atoms with Crippen LogP contribution in [0.3, 0.4) is 0 Å². The number of nitrogens with zero attached hydrogens (tertiary/aromatic N) is 3. The summed E-state index contributed by atoms with van der Waals surface area (Å²) in [6.45, 7) is 4.88. The zero-order valence-corrected chi connectivity index (χ0v) is 15.6. The minimum Gasteiger partial charge on any atom is -0.419 e. The lowest BCUT2D eigenvalue weighted by Crippen LogP contribution is -2.41. The highest BCUT2D eigenvalue weighted by Gasteiger charge is 2.56. The maximum Gasteiger partial charge on any atom is 0.293 e. The van der Waals surface area contributed by atoms with Crippen molar-refractivity contribution in [1.29, 1.82) is 0 Å². The maximum absolute atomic E-state index is 13.3. The second-order valence-corrected chi connectivity index (χ2v) is 7.05. The molecule has 0 aliphatic carbocycles. The first-order valence-corrected chi connectivity index (χ1v) is 9.18. The molecule has 7 heteroatoms. The Labute approximate surface area is 161 Å². The SMILES string of the molecule is Cc1cc(C)c2c(c1)C1(OCCO1)C(=O)N2Cc1nnc(-c2ccccc2)o1. The number of ether oxygens (including phenoxy) is 2. The van der Waals surface area contributed by atoms with E-state index in [1.165, 1.54) is 0 Å². The predicted molar refractivity (Wildman–Crippen MR) is 100 cm³/mol. The van der Waals surface area contributed by atoms with Gasteiger partial charge in [-0.25, -0.2) is 0 Å². The summed E-state index contributed by atoms with van der Waals surface area (Å²) < 4.78 is 17.4. The lowest BCUT2D eigenvalue weighted by Gasteiger charge is -2.21. The van der Waals surface area contributed by atoms with E-state index in [1.54, 1.807) is 4.90 Å². The Morgan fingerprint density at radius 1 is 1.07 bits per heavy atom. The molecule has 1 fully saturated rings. The van der Waals surface area contributed by atoms with Crippen molar-refractivity contribution in [3.05, 3.63) is 65.0 Å². The average Bonchev–Trinajstić information content (AvgIpc) is 3.40. The molecule has 2 aliphatic rings. The molecule has 142 valence electrons. The van der Waals surface area contributed by atoms with E-state index < -0.39 is 5.79 Å². The third-order valence-corrected chi connectivity index (χ3v) is 5.07. The van der Waals surface area contributed by atoms with Gasteiger partial charge < -0.3 is 13.9 Å². The van der Waals surface area contributed by atoms with Crippen LogP contribution < -0.4 is 4.90 Å². The van der Waals surface area contributed by atoms with Gasteiger partial charge in [-0.1, -0.05) is 29.8 Å². The van der Waals surface area contributed by atoms with Gasteiger partial charge in [0.15, 0.2) is 0 Å². The van der Waals surface area contributed by atoms with E-state index in [0.29, 0.717) is 25.0 Å². The summed E-state index contributed by atoms with van der Waals surface area (Å²) in [4.78, 5) is 14.9. The van der Waals surface area contributed by atoms with Crippen molar-refractivity contribution in [1.82, 2.24) is 10.2 Å². The van der Waals surface area contributed by atoms with Crippen LogP contribution >= 0.6 is 0 Å². The highest BCUT2D eigenvalue weighted by atomic mass is 16.7. The molecule has 3 aromatic rings. The molecule has 2 aliphatic heterocycles. The van der Waals surface area contributed by atoms with Crippen molar-refractivity contribution in [2.75, 3.05) is 18.1 Å². The minimum absolute atomic E-state index is 0.157. The molecule has 0 saturated carbocycles. The number of hydrogen-bond acceptors (Lipinski definition) is 6. The second kappa shape index (κ2) is 6.25. The number of aromatic nitrogens is 2. The summed E-state index contributed by atoms with van der Waals surface area (Å²) in [5.74, 6) is -0.846. The summed E-state index contributed by atoms with van der Waals surface area (Å²) in [5.41, 5.74) is 4.39. The summed E-state index contributed by atoms with van der Waals surface area (Å²) >= 11 is 0. The van der Waals surface area contributed by atoms with Gasteiger partial charge in [-0.15, -0.1) is 10.2 Å². The summed E-state index contributed by atoms with van der Waals surface area (Å²) in [5, 5.41) is 8.25. The largest absolute Gasteiger partial charge is 0.419 e. The number of aryl methyl sites for hydroxylation is 2. The minimum atomic E-state index is -1.37.